The summed E-state index contributed by atoms with van der Waals surface area (Å²) in [5.41, 5.74) is 6.43. The number of hydrogen-bond donors (Lipinski definition) is 1. The lowest BCUT2D eigenvalue weighted by atomic mass is 10.2. The van der Waals surface area contributed by atoms with Gasteiger partial charge in [0.1, 0.15) is 0 Å². The highest BCUT2D eigenvalue weighted by Crippen LogP contribution is 2.10. The van der Waals surface area contributed by atoms with Gasteiger partial charge in [-0.15, -0.1) is 0 Å². The lowest BCUT2D eigenvalue weighted by Crippen LogP contribution is -2.33. The van der Waals surface area contributed by atoms with Crippen molar-refractivity contribution in [1.82, 2.24) is 4.90 Å². The van der Waals surface area contributed by atoms with Crippen molar-refractivity contribution in [2.24, 2.45) is 10.7 Å². The van der Waals surface area contributed by atoms with Gasteiger partial charge in [-0.3, -0.25) is 0 Å². The van der Waals surface area contributed by atoms with Crippen molar-refractivity contribution < 1.29 is 0 Å². The van der Waals surface area contributed by atoms with Crippen LogP contribution in [0, 0.1) is 0 Å². The third kappa shape index (κ3) is 0.941. The van der Waals surface area contributed by atoms with E-state index >= 15 is 0 Å². The molecule has 2 aliphatic rings. The Balaban J connectivity index is 2.40. The molecule has 11 heavy (non-hydrogen) atoms. The number of fused-ring (bicyclic) bond motifs is 1. The predicted molar refractivity (Wildman–Crippen MR) is 44.7 cm³/mol. The molecule has 56 valence electrons. The van der Waals surface area contributed by atoms with Crippen LogP contribution in [0.15, 0.2) is 41.3 Å². The highest BCUT2D eigenvalue weighted by atomic mass is 15.2. The number of rotatable bonds is 0. The fraction of sp³-hybridized carbons (Fsp3) is 0.125. The quantitative estimate of drug-likeness (QED) is 0.544. The first kappa shape index (κ1) is 6.22. The SMILES string of the molecule is NC1=CC=CN2CC=CN=C12. The maximum absolute atomic E-state index is 5.69. The van der Waals surface area contributed by atoms with Gasteiger partial charge in [0.15, 0.2) is 5.84 Å². The standard InChI is InChI=1S/C8H9N3/c9-7-3-1-5-11-6-2-4-10-8(7)11/h1-5H,6,9H2. The average Bonchev–Trinajstić information content (AvgIpc) is 2.06. The lowest BCUT2D eigenvalue weighted by Gasteiger charge is -2.25. The van der Waals surface area contributed by atoms with Crippen molar-refractivity contribution in [3.63, 3.8) is 0 Å². The third-order valence-electron chi connectivity index (χ3n) is 1.68. The second-order valence-corrected chi connectivity index (χ2v) is 2.45. The van der Waals surface area contributed by atoms with E-state index in [4.69, 9.17) is 5.73 Å². The van der Waals surface area contributed by atoms with Crippen LogP contribution in [-0.2, 0) is 0 Å². The molecule has 3 nitrogen and oxygen atoms in total. The van der Waals surface area contributed by atoms with Gasteiger partial charge >= 0.3 is 0 Å². The summed E-state index contributed by atoms with van der Waals surface area (Å²) >= 11 is 0. The predicted octanol–water partition coefficient (Wildman–Crippen LogP) is 0.584. The Kier molecular flexibility index (Phi) is 1.28. The number of nitrogens with two attached hydrogens (primary N) is 1. The molecule has 0 saturated heterocycles. The van der Waals surface area contributed by atoms with Crippen LogP contribution in [0.1, 0.15) is 0 Å². The smallest absolute Gasteiger partial charge is 0.156 e. The molecular formula is C8H9N3. The van der Waals surface area contributed by atoms with Crippen molar-refractivity contribution in [1.29, 1.82) is 0 Å². The van der Waals surface area contributed by atoms with E-state index < -0.39 is 0 Å². The zero-order chi connectivity index (χ0) is 7.68. The largest absolute Gasteiger partial charge is 0.396 e. The molecular weight excluding hydrogens is 138 g/mol. The van der Waals surface area contributed by atoms with Crippen LogP contribution in [0.4, 0.5) is 0 Å². The van der Waals surface area contributed by atoms with E-state index in [2.05, 4.69) is 4.99 Å². The molecule has 0 saturated carbocycles. The summed E-state index contributed by atoms with van der Waals surface area (Å²) in [5.74, 6) is 0.856. The lowest BCUT2D eigenvalue weighted by molar-refractivity contribution is 0.608. The molecule has 0 fully saturated rings. The average molecular weight is 147 g/mol. The first-order valence-corrected chi connectivity index (χ1v) is 3.52. The molecule has 2 rings (SSSR count). The Morgan fingerprint density at radius 1 is 1.55 bits per heavy atom. The van der Waals surface area contributed by atoms with Gasteiger partial charge in [0.05, 0.1) is 5.70 Å². The van der Waals surface area contributed by atoms with E-state index in [1.54, 1.807) is 6.20 Å². The van der Waals surface area contributed by atoms with Gasteiger partial charge in [0.25, 0.3) is 0 Å². The van der Waals surface area contributed by atoms with Crippen molar-refractivity contribution in [2.75, 3.05) is 6.54 Å². The van der Waals surface area contributed by atoms with Gasteiger partial charge in [-0.05, 0) is 18.2 Å². The Morgan fingerprint density at radius 3 is 3.27 bits per heavy atom. The van der Waals surface area contributed by atoms with E-state index in [0.717, 1.165) is 18.1 Å². The van der Waals surface area contributed by atoms with Crippen molar-refractivity contribution >= 4 is 5.84 Å². The van der Waals surface area contributed by atoms with Crippen LogP contribution in [0.3, 0.4) is 0 Å². The van der Waals surface area contributed by atoms with E-state index in [1.807, 2.05) is 29.3 Å². The van der Waals surface area contributed by atoms with E-state index in [9.17, 15) is 0 Å². The number of allylic oxidation sites excluding steroid dienone is 2. The molecule has 2 heterocycles. The van der Waals surface area contributed by atoms with Crippen molar-refractivity contribution in [2.45, 2.75) is 0 Å². The Labute approximate surface area is 65.2 Å². The van der Waals surface area contributed by atoms with Crippen LogP contribution >= 0.6 is 0 Å². The number of nitrogens with zero attached hydrogens (tertiary/aromatic N) is 2. The van der Waals surface area contributed by atoms with Crippen LogP contribution in [0.5, 0.6) is 0 Å². The normalized spacial score (nSPS) is 20.9. The monoisotopic (exact) mass is 147 g/mol. The second kappa shape index (κ2) is 2.27. The summed E-state index contributed by atoms with van der Waals surface area (Å²) in [5, 5.41) is 0. The molecule has 0 radical (unpaired) electrons. The maximum Gasteiger partial charge on any atom is 0.156 e. The summed E-state index contributed by atoms with van der Waals surface area (Å²) in [6, 6.07) is 0. The minimum absolute atomic E-state index is 0.733. The summed E-state index contributed by atoms with van der Waals surface area (Å²) in [6.45, 7) is 0.865. The van der Waals surface area contributed by atoms with E-state index in [0.29, 0.717) is 0 Å². The minimum atomic E-state index is 0.733. The van der Waals surface area contributed by atoms with Crippen molar-refractivity contribution in [3.8, 4) is 0 Å². The molecule has 0 aromatic heterocycles. The van der Waals surface area contributed by atoms with Crippen LogP contribution < -0.4 is 5.73 Å². The molecule has 0 bridgehead atoms. The number of hydrogen-bond acceptors (Lipinski definition) is 3. The molecule has 0 spiro atoms. The van der Waals surface area contributed by atoms with Crippen LogP contribution in [0.2, 0.25) is 0 Å². The molecule has 3 heteroatoms. The van der Waals surface area contributed by atoms with E-state index in [-0.39, 0.29) is 0 Å². The highest BCUT2D eigenvalue weighted by Gasteiger charge is 2.13. The number of aliphatic imine (C=N–C) groups is 1. The molecule has 0 aromatic rings. The highest BCUT2D eigenvalue weighted by molar-refractivity contribution is 6.00. The Morgan fingerprint density at radius 2 is 2.45 bits per heavy atom. The Bertz CT molecular complexity index is 284. The van der Waals surface area contributed by atoms with Gasteiger partial charge in [0, 0.05) is 18.9 Å². The fourth-order valence-electron chi connectivity index (χ4n) is 1.14. The topological polar surface area (TPSA) is 41.6 Å². The molecule has 2 aliphatic heterocycles. The molecule has 0 aliphatic carbocycles. The molecule has 0 unspecified atom stereocenters. The number of amidine groups is 1. The first-order chi connectivity index (χ1) is 5.38. The van der Waals surface area contributed by atoms with Gasteiger partial charge in [-0.2, -0.15) is 0 Å². The minimum Gasteiger partial charge on any atom is -0.396 e. The Hall–Kier alpha value is -1.51. The zero-order valence-electron chi connectivity index (χ0n) is 6.07. The zero-order valence-corrected chi connectivity index (χ0v) is 6.07. The maximum atomic E-state index is 5.69. The van der Waals surface area contributed by atoms with Gasteiger partial charge in [0.2, 0.25) is 0 Å². The van der Waals surface area contributed by atoms with Crippen LogP contribution in [0.25, 0.3) is 0 Å². The third-order valence-corrected chi connectivity index (χ3v) is 1.68. The fourth-order valence-corrected chi connectivity index (χ4v) is 1.14. The van der Waals surface area contributed by atoms with Crippen LogP contribution in [-0.4, -0.2) is 17.3 Å². The summed E-state index contributed by atoms with van der Waals surface area (Å²) in [7, 11) is 0. The first-order valence-electron chi connectivity index (χ1n) is 3.52. The van der Waals surface area contributed by atoms with Crippen molar-refractivity contribution in [3.05, 3.63) is 36.3 Å². The molecule has 2 N–H and O–H groups in total. The summed E-state index contributed by atoms with van der Waals surface area (Å²) < 4.78 is 0. The van der Waals surface area contributed by atoms with Gasteiger partial charge in [-0.1, -0.05) is 0 Å². The van der Waals surface area contributed by atoms with E-state index in [1.165, 1.54) is 0 Å². The van der Waals surface area contributed by atoms with Gasteiger partial charge in [-0.25, -0.2) is 4.99 Å². The molecule has 0 atom stereocenters. The molecule has 0 aromatic carbocycles. The van der Waals surface area contributed by atoms with Gasteiger partial charge < -0.3 is 10.6 Å². The summed E-state index contributed by atoms with van der Waals surface area (Å²) in [6.07, 6.45) is 9.53. The summed E-state index contributed by atoms with van der Waals surface area (Å²) in [4.78, 5) is 6.16. The second-order valence-electron chi connectivity index (χ2n) is 2.45. The molecule has 0 amide bonds.